The van der Waals surface area contributed by atoms with Crippen molar-refractivity contribution in [3.05, 3.63) is 28.6 Å². The Labute approximate surface area is 124 Å². The molecule has 6 heteroatoms. The zero-order chi connectivity index (χ0) is 13.2. The molecule has 0 saturated carbocycles. The van der Waals surface area contributed by atoms with Crippen LogP contribution in [0.5, 0.6) is 0 Å². The summed E-state index contributed by atoms with van der Waals surface area (Å²) >= 11 is 5.10. The molecule has 3 aromatic rings. The van der Waals surface area contributed by atoms with Crippen LogP contribution in [-0.2, 0) is 6.42 Å². The molecule has 3 rings (SSSR count). The Morgan fingerprint density at radius 2 is 2.16 bits per heavy atom. The van der Waals surface area contributed by atoms with Gasteiger partial charge in [0.2, 0.25) is 0 Å². The monoisotopic (exact) mass is 307 g/mol. The third-order valence-electron chi connectivity index (χ3n) is 2.71. The van der Waals surface area contributed by atoms with Crippen molar-refractivity contribution in [2.75, 3.05) is 12.4 Å². The van der Waals surface area contributed by atoms with E-state index in [2.05, 4.69) is 40.1 Å². The molecule has 3 heterocycles. The molecule has 0 bridgehead atoms. The minimum Gasteiger partial charge on any atom is -0.365 e. The standard InChI is InChI=1S/C13H13N3S3/c1-3-8-11(9-7-18-13(14-2)16-9)19-12(15-8)10-5-4-6-17-10/h4-7H,3H2,1-2H3,(H,14,16). The second-order valence-electron chi connectivity index (χ2n) is 3.91. The fraction of sp³-hybridized carbons (Fsp3) is 0.231. The number of hydrogen-bond acceptors (Lipinski definition) is 6. The van der Waals surface area contributed by atoms with Crippen molar-refractivity contribution >= 4 is 39.1 Å². The highest BCUT2D eigenvalue weighted by molar-refractivity contribution is 7.23. The van der Waals surface area contributed by atoms with E-state index in [1.54, 1.807) is 34.0 Å². The second-order valence-corrected chi connectivity index (χ2v) is 6.72. The van der Waals surface area contributed by atoms with Gasteiger partial charge in [0.15, 0.2) is 5.13 Å². The fourth-order valence-electron chi connectivity index (χ4n) is 1.79. The van der Waals surface area contributed by atoms with Gasteiger partial charge >= 0.3 is 0 Å². The minimum atomic E-state index is 0.934. The van der Waals surface area contributed by atoms with Crippen LogP contribution >= 0.6 is 34.0 Å². The Morgan fingerprint density at radius 1 is 1.26 bits per heavy atom. The third-order valence-corrected chi connectivity index (χ3v) is 5.73. The van der Waals surface area contributed by atoms with E-state index in [0.717, 1.165) is 27.9 Å². The lowest BCUT2D eigenvalue weighted by Crippen LogP contribution is -1.87. The lowest BCUT2D eigenvalue weighted by molar-refractivity contribution is 1.07. The number of thiophene rings is 1. The summed E-state index contributed by atoms with van der Waals surface area (Å²) in [6.45, 7) is 2.14. The third kappa shape index (κ3) is 2.43. The van der Waals surface area contributed by atoms with Gasteiger partial charge in [-0.2, -0.15) is 0 Å². The smallest absolute Gasteiger partial charge is 0.182 e. The van der Waals surface area contributed by atoms with Gasteiger partial charge in [-0.1, -0.05) is 13.0 Å². The highest BCUT2D eigenvalue weighted by Crippen LogP contribution is 2.38. The Bertz CT molecular complexity index is 667. The number of nitrogens with zero attached hydrogens (tertiary/aromatic N) is 2. The lowest BCUT2D eigenvalue weighted by atomic mass is 10.2. The molecule has 0 spiro atoms. The van der Waals surface area contributed by atoms with Crippen LogP contribution in [0, 0.1) is 0 Å². The van der Waals surface area contributed by atoms with Crippen molar-refractivity contribution in [2.45, 2.75) is 13.3 Å². The molecule has 0 aliphatic carbocycles. The number of nitrogens with one attached hydrogen (secondary N) is 1. The van der Waals surface area contributed by atoms with Crippen molar-refractivity contribution in [3.63, 3.8) is 0 Å². The number of aryl methyl sites for hydroxylation is 1. The van der Waals surface area contributed by atoms with Crippen LogP contribution in [-0.4, -0.2) is 17.0 Å². The minimum absolute atomic E-state index is 0.934. The van der Waals surface area contributed by atoms with Crippen LogP contribution in [0.3, 0.4) is 0 Å². The molecule has 0 radical (unpaired) electrons. The van der Waals surface area contributed by atoms with Crippen LogP contribution in [0.15, 0.2) is 22.9 Å². The van der Waals surface area contributed by atoms with Crippen LogP contribution in [0.25, 0.3) is 20.5 Å². The van der Waals surface area contributed by atoms with Crippen LogP contribution in [0.1, 0.15) is 12.6 Å². The highest BCUT2D eigenvalue weighted by Gasteiger charge is 2.15. The van der Waals surface area contributed by atoms with Gasteiger partial charge in [-0.05, 0) is 17.9 Å². The molecule has 0 aromatic carbocycles. The predicted octanol–water partition coefficient (Wildman–Crippen LogP) is 4.60. The van der Waals surface area contributed by atoms with Gasteiger partial charge in [-0.3, -0.25) is 0 Å². The number of aromatic nitrogens is 2. The lowest BCUT2D eigenvalue weighted by Gasteiger charge is -1.94. The molecule has 0 saturated heterocycles. The Kier molecular flexibility index (Phi) is 3.63. The molecule has 19 heavy (non-hydrogen) atoms. The van der Waals surface area contributed by atoms with Crippen molar-refractivity contribution in [1.82, 2.24) is 9.97 Å². The summed E-state index contributed by atoms with van der Waals surface area (Å²) < 4.78 is 0. The van der Waals surface area contributed by atoms with E-state index in [9.17, 15) is 0 Å². The van der Waals surface area contributed by atoms with Gasteiger partial charge in [-0.15, -0.1) is 34.0 Å². The average molecular weight is 307 g/mol. The molecule has 0 fully saturated rings. The van der Waals surface area contributed by atoms with Gasteiger partial charge in [0.05, 0.1) is 21.1 Å². The Hall–Kier alpha value is -1.24. The summed E-state index contributed by atoms with van der Waals surface area (Å²) in [6.07, 6.45) is 0.934. The fourth-order valence-corrected chi connectivity index (χ4v) is 4.44. The SMILES string of the molecule is CCc1nc(-c2cccs2)sc1-c1csc(NC)n1. The van der Waals surface area contributed by atoms with E-state index >= 15 is 0 Å². The normalized spacial score (nSPS) is 10.8. The van der Waals surface area contributed by atoms with Gasteiger partial charge in [0, 0.05) is 12.4 Å². The maximum atomic E-state index is 4.76. The van der Waals surface area contributed by atoms with E-state index in [0.29, 0.717) is 0 Å². The molecule has 98 valence electrons. The summed E-state index contributed by atoms with van der Waals surface area (Å²) in [6, 6.07) is 4.18. The first kappa shape index (κ1) is 12.8. The molecule has 3 aromatic heterocycles. The number of thiazole rings is 2. The molecule has 1 N–H and O–H groups in total. The average Bonchev–Trinajstić information content (AvgIpc) is 3.16. The number of anilines is 1. The van der Waals surface area contributed by atoms with Crippen molar-refractivity contribution in [2.24, 2.45) is 0 Å². The molecule has 0 aliphatic heterocycles. The van der Waals surface area contributed by atoms with Crippen LogP contribution in [0.2, 0.25) is 0 Å². The van der Waals surface area contributed by atoms with Gasteiger partial charge < -0.3 is 5.32 Å². The van der Waals surface area contributed by atoms with E-state index in [-0.39, 0.29) is 0 Å². The van der Waals surface area contributed by atoms with Crippen LogP contribution in [0.4, 0.5) is 5.13 Å². The molecule has 3 nitrogen and oxygen atoms in total. The van der Waals surface area contributed by atoms with E-state index in [1.165, 1.54) is 9.75 Å². The molecular formula is C13H13N3S3. The number of rotatable bonds is 4. The van der Waals surface area contributed by atoms with E-state index in [4.69, 9.17) is 4.98 Å². The molecule has 0 atom stereocenters. The molecule has 0 aliphatic rings. The Balaban J connectivity index is 2.05. The summed E-state index contributed by atoms with van der Waals surface area (Å²) in [5.41, 5.74) is 2.17. The van der Waals surface area contributed by atoms with E-state index < -0.39 is 0 Å². The number of hydrogen-bond donors (Lipinski definition) is 1. The first-order valence-corrected chi connectivity index (χ1v) is 8.56. The molecular weight excluding hydrogens is 294 g/mol. The van der Waals surface area contributed by atoms with Gasteiger partial charge in [0.25, 0.3) is 0 Å². The van der Waals surface area contributed by atoms with Gasteiger partial charge in [-0.25, -0.2) is 9.97 Å². The van der Waals surface area contributed by atoms with Crippen molar-refractivity contribution in [3.8, 4) is 20.5 Å². The zero-order valence-electron chi connectivity index (χ0n) is 10.6. The highest BCUT2D eigenvalue weighted by atomic mass is 32.1. The first-order chi connectivity index (χ1) is 9.31. The van der Waals surface area contributed by atoms with Crippen molar-refractivity contribution < 1.29 is 0 Å². The molecule has 0 unspecified atom stereocenters. The first-order valence-electron chi connectivity index (χ1n) is 5.99. The summed E-state index contributed by atoms with van der Waals surface area (Å²) in [4.78, 5) is 11.8. The van der Waals surface area contributed by atoms with E-state index in [1.807, 2.05) is 7.05 Å². The summed E-state index contributed by atoms with van der Waals surface area (Å²) in [5.74, 6) is 0. The zero-order valence-corrected chi connectivity index (χ0v) is 13.1. The summed E-state index contributed by atoms with van der Waals surface area (Å²) in [7, 11) is 1.90. The van der Waals surface area contributed by atoms with Crippen LogP contribution < -0.4 is 5.32 Å². The summed E-state index contributed by atoms with van der Waals surface area (Å²) in [5, 5.41) is 9.31. The maximum Gasteiger partial charge on any atom is 0.182 e. The second kappa shape index (κ2) is 5.40. The predicted molar refractivity (Wildman–Crippen MR) is 85.5 cm³/mol. The van der Waals surface area contributed by atoms with Crippen molar-refractivity contribution in [1.29, 1.82) is 0 Å². The maximum absolute atomic E-state index is 4.76. The molecule has 0 amide bonds. The quantitative estimate of drug-likeness (QED) is 0.765. The topological polar surface area (TPSA) is 37.8 Å². The van der Waals surface area contributed by atoms with Gasteiger partial charge in [0.1, 0.15) is 5.01 Å². The Morgan fingerprint density at radius 3 is 2.79 bits per heavy atom. The largest absolute Gasteiger partial charge is 0.365 e.